The molecule has 1 aromatic carbocycles. The molecule has 0 aliphatic rings. The highest BCUT2D eigenvalue weighted by molar-refractivity contribution is 9.10. The minimum absolute atomic E-state index is 0.0289. The van der Waals surface area contributed by atoms with E-state index in [1.807, 2.05) is 12.1 Å². The molecule has 3 N–H and O–H groups in total. The van der Waals surface area contributed by atoms with Gasteiger partial charge in [-0.3, -0.25) is 9.59 Å². The van der Waals surface area contributed by atoms with E-state index in [4.69, 9.17) is 9.52 Å². The van der Waals surface area contributed by atoms with Crippen LogP contribution in [0.3, 0.4) is 0 Å². The number of aliphatic hydroxyl groups is 1. The summed E-state index contributed by atoms with van der Waals surface area (Å²) in [7, 11) is 0. The number of hydrogen-bond acceptors (Lipinski definition) is 4. The zero-order valence-electron chi connectivity index (χ0n) is 13.1. The van der Waals surface area contributed by atoms with Gasteiger partial charge >= 0.3 is 0 Å². The van der Waals surface area contributed by atoms with Crippen LogP contribution in [0, 0.1) is 0 Å². The van der Waals surface area contributed by atoms with Gasteiger partial charge in [-0.05, 0) is 58.3 Å². The van der Waals surface area contributed by atoms with Crippen LogP contribution in [0.5, 0.6) is 0 Å². The maximum atomic E-state index is 12.3. The molecule has 2 amide bonds. The molecule has 0 saturated heterocycles. The smallest absolute Gasteiger partial charge is 0.291 e. The van der Waals surface area contributed by atoms with E-state index in [1.165, 1.54) is 6.07 Å². The van der Waals surface area contributed by atoms with Gasteiger partial charge in [0.1, 0.15) is 5.70 Å². The number of nitrogens with one attached hydrogen (secondary N) is 2. The Hall–Kier alpha value is -1.90. The molecule has 0 saturated carbocycles. The van der Waals surface area contributed by atoms with Gasteiger partial charge in [0, 0.05) is 17.6 Å². The molecule has 1 aromatic heterocycles. The maximum Gasteiger partial charge on any atom is 0.291 e. The van der Waals surface area contributed by atoms with Crippen molar-refractivity contribution in [1.82, 2.24) is 10.6 Å². The number of hydrogen-bond donors (Lipinski definition) is 3. The van der Waals surface area contributed by atoms with E-state index in [9.17, 15) is 9.59 Å². The normalized spacial score (nSPS) is 11.2. The van der Waals surface area contributed by atoms with Gasteiger partial charge < -0.3 is 20.2 Å². The fourth-order valence-corrected chi connectivity index (χ4v) is 2.45. The van der Waals surface area contributed by atoms with E-state index in [0.29, 0.717) is 17.6 Å². The number of aliphatic hydroxyl groups excluding tert-OH is 1. The zero-order valence-corrected chi connectivity index (χ0v) is 16.3. The second kappa shape index (κ2) is 9.55. The van der Waals surface area contributed by atoms with Crippen molar-refractivity contribution in [3.8, 4) is 0 Å². The molecule has 25 heavy (non-hydrogen) atoms. The molecule has 132 valence electrons. The molecule has 6 nitrogen and oxygen atoms in total. The standard InChI is InChI=1S/C17H16Br2N2O4/c18-12-4-2-11(3-5-12)10-13(16(23)20-8-1-9-22)21-17(24)14-6-7-15(19)25-14/h2-7,10,22H,1,8-9H2,(H,20,23)(H,21,24). The SMILES string of the molecule is O=C(NCCCO)C(=Cc1ccc(Br)cc1)NC(=O)c1ccc(Br)o1. The summed E-state index contributed by atoms with van der Waals surface area (Å²) in [6.45, 7) is 0.272. The van der Waals surface area contributed by atoms with Crippen LogP contribution < -0.4 is 10.6 Å². The van der Waals surface area contributed by atoms with E-state index in [0.717, 1.165) is 10.0 Å². The van der Waals surface area contributed by atoms with Gasteiger partial charge in [-0.25, -0.2) is 0 Å². The summed E-state index contributed by atoms with van der Waals surface area (Å²) in [4.78, 5) is 24.6. The third-order valence-corrected chi connectivity index (χ3v) is 4.05. The van der Waals surface area contributed by atoms with Crippen molar-refractivity contribution in [1.29, 1.82) is 0 Å². The Morgan fingerprint density at radius 3 is 2.44 bits per heavy atom. The van der Waals surface area contributed by atoms with Gasteiger partial charge in [0.15, 0.2) is 10.4 Å². The Labute approximate surface area is 161 Å². The molecule has 0 unspecified atom stereocenters. The summed E-state index contributed by atoms with van der Waals surface area (Å²) in [6.07, 6.45) is 1.99. The lowest BCUT2D eigenvalue weighted by Crippen LogP contribution is -2.35. The lowest BCUT2D eigenvalue weighted by molar-refractivity contribution is -0.117. The van der Waals surface area contributed by atoms with Crippen molar-refractivity contribution in [2.24, 2.45) is 0 Å². The average Bonchev–Trinajstić information content (AvgIpc) is 3.03. The predicted molar refractivity (Wildman–Crippen MR) is 101 cm³/mol. The van der Waals surface area contributed by atoms with Crippen LogP contribution >= 0.6 is 31.9 Å². The first-order valence-corrected chi connectivity index (χ1v) is 9.01. The maximum absolute atomic E-state index is 12.3. The molecule has 0 bridgehead atoms. The molecule has 2 rings (SSSR count). The summed E-state index contributed by atoms with van der Waals surface area (Å²) in [5, 5.41) is 14.0. The molecule has 0 aliphatic heterocycles. The van der Waals surface area contributed by atoms with Crippen molar-refractivity contribution in [3.63, 3.8) is 0 Å². The van der Waals surface area contributed by atoms with Crippen molar-refractivity contribution in [2.45, 2.75) is 6.42 Å². The number of carbonyl (C=O) groups is 2. The first kappa shape index (κ1) is 19.4. The van der Waals surface area contributed by atoms with E-state index < -0.39 is 11.8 Å². The quantitative estimate of drug-likeness (QED) is 0.427. The van der Waals surface area contributed by atoms with Crippen molar-refractivity contribution >= 4 is 49.8 Å². The van der Waals surface area contributed by atoms with Crippen LogP contribution in [0.15, 0.2) is 55.7 Å². The molecule has 0 aliphatic carbocycles. The molecule has 0 fully saturated rings. The van der Waals surface area contributed by atoms with Crippen molar-refractivity contribution in [3.05, 3.63) is 62.6 Å². The number of halogens is 2. The lowest BCUT2D eigenvalue weighted by Gasteiger charge is -2.10. The summed E-state index contributed by atoms with van der Waals surface area (Å²) in [5.41, 5.74) is 0.828. The van der Waals surface area contributed by atoms with Gasteiger partial charge in [0.05, 0.1) is 0 Å². The van der Waals surface area contributed by atoms with Crippen LogP contribution in [0.25, 0.3) is 6.08 Å². The Morgan fingerprint density at radius 2 is 1.84 bits per heavy atom. The highest BCUT2D eigenvalue weighted by Gasteiger charge is 2.16. The third-order valence-electron chi connectivity index (χ3n) is 3.09. The number of furan rings is 1. The molecular weight excluding hydrogens is 456 g/mol. The Kier molecular flexibility index (Phi) is 7.42. The third kappa shape index (κ3) is 6.15. The van der Waals surface area contributed by atoms with E-state index in [2.05, 4.69) is 42.5 Å². The first-order chi connectivity index (χ1) is 12.0. The monoisotopic (exact) mass is 470 g/mol. The molecule has 8 heteroatoms. The molecule has 0 radical (unpaired) electrons. The van der Waals surface area contributed by atoms with Gasteiger partial charge in [-0.1, -0.05) is 28.1 Å². The fraction of sp³-hybridized carbons (Fsp3) is 0.176. The van der Waals surface area contributed by atoms with Crippen LogP contribution in [0.4, 0.5) is 0 Å². The Balaban J connectivity index is 2.20. The van der Waals surface area contributed by atoms with Gasteiger partial charge in [-0.15, -0.1) is 0 Å². The minimum atomic E-state index is -0.536. The average molecular weight is 472 g/mol. The first-order valence-electron chi connectivity index (χ1n) is 7.42. The molecule has 0 spiro atoms. The van der Waals surface area contributed by atoms with Crippen molar-refractivity contribution < 1.29 is 19.1 Å². The summed E-state index contributed by atoms with van der Waals surface area (Å²) in [6, 6.07) is 10.4. The van der Waals surface area contributed by atoms with Crippen molar-refractivity contribution in [2.75, 3.05) is 13.2 Å². The highest BCUT2D eigenvalue weighted by atomic mass is 79.9. The van der Waals surface area contributed by atoms with Gasteiger partial charge in [0.25, 0.3) is 11.8 Å². The lowest BCUT2D eigenvalue weighted by atomic mass is 10.2. The van der Waals surface area contributed by atoms with E-state index in [1.54, 1.807) is 24.3 Å². The summed E-state index contributed by atoms with van der Waals surface area (Å²) < 4.78 is 6.52. The molecule has 2 aromatic rings. The predicted octanol–water partition coefficient (Wildman–Crippen LogP) is 3.07. The largest absolute Gasteiger partial charge is 0.444 e. The van der Waals surface area contributed by atoms with E-state index >= 15 is 0 Å². The van der Waals surface area contributed by atoms with E-state index in [-0.39, 0.29) is 18.1 Å². The second-order valence-corrected chi connectivity index (χ2v) is 6.70. The highest BCUT2D eigenvalue weighted by Crippen LogP contribution is 2.15. The molecular formula is C17H16Br2N2O4. The number of rotatable bonds is 7. The zero-order chi connectivity index (χ0) is 18.2. The Morgan fingerprint density at radius 1 is 1.12 bits per heavy atom. The second-order valence-electron chi connectivity index (χ2n) is 5.00. The van der Waals surface area contributed by atoms with Crippen LogP contribution in [0.2, 0.25) is 0 Å². The van der Waals surface area contributed by atoms with Gasteiger partial charge in [-0.2, -0.15) is 0 Å². The summed E-state index contributed by atoms with van der Waals surface area (Å²) >= 11 is 6.48. The number of benzene rings is 1. The molecule has 0 atom stereocenters. The fourth-order valence-electron chi connectivity index (χ4n) is 1.88. The van der Waals surface area contributed by atoms with Crippen LogP contribution in [0.1, 0.15) is 22.5 Å². The van der Waals surface area contributed by atoms with Crippen LogP contribution in [-0.2, 0) is 4.79 Å². The minimum Gasteiger partial charge on any atom is -0.444 e. The topological polar surface area (TPSA) is 91.6 Å². The van der Waals surface area contributed by atoms with Crippen LogP contribution in [-0.4, -0.2) is 30.1 Å². The Bertz CT molecular complexity index is 769. The van der Waals surface area contributed by atoms with Gasteiger partial charge in [0.2, 0.25) is 0 Å². The number of carbonyl (C=O) groups excluding carboxylic acids is 2. The molecule has 1 heterocycles. The summed E-state index contributed by atoms with van der Waals surface area (Å²) in [5.74, 6) is -0.904. The number of amides is 2.